The van der Waals surface area contributed by atoms with Crippen molar-refractivity contribution >= 4 is 5.78 Å². The molecule has 3 aromatic rings. The summed E-state index contributed by atoms with van der Waals surface area (Å²) < 4.78 is 7.67. The van der Waals surface area contributed by atoms with E-state index in [1.807, 2.05) is 30.7 Å². The molecular weight excluding hydrogens is 346 g/mol. The van der Waals surface area contributed by atoms with Gasteiger partial charge in [0.2, 0.25) is 0 Å². The van der Waals surface area contributed by atoms with Crippen molar-refractivity contribution in [3.63, 3.8) is 0 Å². The van der Waals surface area contributed by atoms with E-state index in [-0.39, 0.29) is 29.7 Å². The first kappa shape index (κ1) is 18.4. The third-order valence-electron chi connectivity index (χ3n) is 4.15. The van der Waals surface area contributed by atoms with E-state index >= 15 is 0 Å². The summed E-state index contributed by atoms with van der Waals surface area (Å²) >= 11 is 0. The van der Waals surface area contributed by atoms with Crippen molar-refractivity contribution in [2.75, 3.05) is 0 Å². The smallest absolute Gasteiger partial charge is 0.172 e. The predicted molar refractivity (Wildman–Crippen MR) is 100.0 cm³/mol. The van der Waals surface area contributed by atoms with Crippen molar-refractivity contribution < 1.29 is 19.7 Å². The number of benzene rings is 1. The fraction of sp³-hybridized carbons (Fsp3) is 0.250. The summed E-state index contributed by atoms with van der Waals surface area (Å²) in [6, 6.07) is 8.49. The van der Waals surface area contributed by atoms with Crippen LogP contribution in [-0.2, 0) is 6.61 Å². The summed E-state index contributed by atoms with van der Waals surface area (Å²) in [4.78, 5) is 16.3. The van der Waals surface area contributed by atoms with Crippen molar-refractivity contribution in [1.82, 2.24) is 14.8 Å². The highest BCUT2D eigenvalue weighted by atomic mass is 16.5. The second kappa shape index (κ2) is 7.49. The molecule has 0 saturated heterocycles. The largest absolute Gasteiger partial charge is 0.504 e. The normalized spacial score (nSPS) is 11.0. The van der Waals surface area contributed by atoms with Crippen LogP contribution in [0.4, 0.5) is 0 Å². The molecule has 27 heavy (non-hydrogen) atoms. The van der Waals surface area contributed by atoms with Crippen molar-refractivity contribution in [3.8, 4) is 28.6 Å². The van der Waals surface area contributed by atoms with Gasteiger partial charge in [0.1, 0.15) is 17.9 Å². The first-order valence-corrected chi connectivity index (χ1v) is 8.56. The fourth-order valence-electron chi connectivity index (χ4n) is 2.88. The Morgan fingerprint density at radius 1 is 1.19 bits per heavy atom. The number of phenols is 2. The Hall–Kier alpha value is -3.35. The maximum absolute atomic E-state index is 11.8. The second-order valence-corrected chi connectivity index (χ2v) is 6.42. The van der Waals surface area contributed by atoms with Crippen molar-refractivity contribution in [2.45, 2.75) is 33.4 Å². The molecule has 140 valence electrons. The Bertz CT molecular complexity index is 979. The van der Waals surface area contributed by atoms with Crippen LogP contribution in [0, 0.1) is 0 Å². The van der Waals surface area contributed by atoms with Gasteiger partial charge in [-0.3, -0.25) is 14.5 Å². The van der Waals surface area contributed by atoms with E-state index < -0.39 is 11.5 Å². The molecule has 0 unspecified atom stereocenters. The molecule has 2 aromatic heterocycles. The Morgan fingerprint density at radius 3 is 2.67 bits per heavy atom. The zero-order valence-corrected chi connectivity index (χ0v) is 15.4. The number of nitrogens with zero attached hydrogens (tertiary/aromatic N) is 3. The molecule has 2 N–H and O–H groups in total. The lowest BCUT2D eigenvalue weighted by molar-refractivity contribution is 0.101. The van der Waals surface area contributed by atoms with E-state index in [4.69, 9.17) is 4.74 Å². The van der Waals surface area contributed by atoms with E-state index in [0.29, 0.717) is 0 Å². The number of ether oxygens (including phenoxy) is 1. The number of carbonyl (C=O) groups excluding carboxylic acids is 1. The van der Waals surface area contributed by atoms with Gasteiger partial charge in [-0.25, -0.2) is 0 Å². The first-order chi connectivity index (χ1) is 12.9. The molecule has 0 atom stereocenters. The maximum Gasteiger partial charge on any atom is 0.172 e. The summed E-state index contributed by atoms with van der Waals surface area (Å²) in [5, 5.41) is 23.9. The van der Waals surface area contributed by atoms with E-state index in [1.54, 1.807) is 18.5 Å². The van der Waals surface area contributed by atoms with Crippen LogP contribution in [0.15, 0.2) is 42.7 Å². The lowest BCUT2D eigenvalue weighted by Gasteiger charge is -2.15. The minimum Gasteiger partial charge on any atom is -0.504 e. The molecule has 1 aromatic carbocycles. The van der Waals surface area contributed by atoms with Gasteiger partial charge in [-0.2, -0.15) is 5.10 Å². The highest BCUT2D eigenvalue weighted by molar-refractivity contribution is 6.00. The van der Waals surface area contributed by atoms with E-state index in [1.165, 1.54) is 19.1 Å². The highest BCUT2D eigenvalue weighted by Crippen LogP contribution is 2.36. The summed E-state index contributed by atoms with van der Waals surface area (Å²) in [5.74, 6) is -1.05. The Morgan fingerprint density at radius 2 is 1.96 bits per heavy atom. The average Bonchev–Trinajstić information content (AvgIpc) is 3.12. The topological polar surface area (TPSA) is 97.5 Å². The zero-order chi connectivity index (χ0) is 19.6. The van der Waals surface area contributed by atoms with Crippen LogP contribution >= 0.6 is 0 Å². The zero-order valence-electron chi connectivity index (χ0n) is 15.4. The molecule has 0 bridgehead atoms. The molecule has 0 aliphatic heterocycles. The lowest BCUT2D eigenvalue weighted by atomic mass is 10.1. The number of phenolic OH excluding ortho intramolecular Hbond substituents is 2. The molecule has 0 spiro atoms. The van der Waals surface area contributed by atoms with Crippen molar-refractivity contribution in [2.24, 2.45) is 0 Å². The molecule has 3 rings (SSSR count). The van der Waals surface area contributed by atoms with Gasteiger partial charge in [0.25, 0.3) is 0 Å². The van der Waals surface area contributed by atoms with Crippen LogP contribution < -0.4 is 4.74 Å². The molecule has 0 radical (unpaired) electrons. The maximum atomic E-state index is 11.8. The third-order valence-corrected chi connectivity index (χ3v) is 4.15. The van der Waals surface area contributed by atoms with E-state index in [2.05, 4.69) is 10.1 Å². The number of aromatic hydroxyl groups is 2. The minimum absolute atomic E-state index is 0.0485. The molecular formula is C20H21N3O4. The molecule has 0 fully saturated rings. The van der Waals surface area contributed by atoms with Crippen LogP contribution in [0.2, 0.25) is 0 Å². The van der Waals surface area contributed by atoms with Gasteiger partial charge in [0, 0.05) is 24.0 Å². The van der Waals surface area contributed by atoms with Gasteiger partial charge in [-0.1, -0.05) is 6.07 Å². The molecule has 0 amide bonds. The number of ketones is 1. The Labute approximate surface area is 156 Å². The SMILES string of the molecule is CC(=O)c1c(OCc2cccnc2-c2ccnn2C(C)C)ccc(O)c1O. The predicted octanol–water partition coefficient (Wildman–Crippen LogP) is 3.72. The summed E-state index contributed by atoms with van der Waals surface area (Å²) in [5.41, 5.74) is 2.36. The van der Waals surface area contributed by atoms with Crippen LogP contribution in [0.25, 0.3) is 11.4 Å². The molecule has 0 saturated carbocycles. The second-order valence-electron chi connectivity index (χ2n) is 6.42. The van der Waals surface area contributed by atoms with Crippen LogP contribution in [-0.4, -0.2) is 30.8 Å². The Balaban J connectivity index is 1.94. The number of rotatable bonds is 6. The molecule has 0 aliphatic rings. The number of carbonyl (C=O) groups is 1. The van der Waals surface area contributed by atoms with Gasteiger partial charge < -0.3 is 14.9 Å². The van der Waals surface area contributed by atoms with Crippen LogP contribution in [0.1, 0.15) is 42.7 Å². The van der Waals surface area contributed by atoms with Gasteiger partial charge in [-0.15, -0.1) is 0 Å². The fourth-order valence-corrected chi connectivity index (χ4v) is 2.88. The quantitative estimate of drug-likeness (QED) is 0.509. The number of aromatic nitrogens is 3. The third kappa shape index (κ3) is 3.62. The van der Waals surface area contributed by atoms with Gasteiger partial charge in [0.15, 0.2) is 17.3 Å². The van der Waals surface area contributed by atoms with Gasteiger partial charge in [0.05, 0.1) is 11.4 Å². The summed E-state index contributed by atoms with van der Waals surface area (Å²) in [7, 11) is 0. The number of hydrogen-bond acceptors (Lipinski definition) is 6. The number of pyridine rings is 1. The van der Waals surface area contributed by atoms with Crippen molar-refractivity contribution in [1.29, 1.82) is 0 Å². The van der Waals surface area contributed by atoms with Gasteiger partial charge >= 0.3 is 0 Å². The molecule has 7 nitrogen and oxygen atoms in total. The first-order valence-electron chi connectivity index (χ1n) is 8.56. The summed E-state index contributed by atoms with van der Waals surface area (Å²) in [6.07, 6.45) is 3.42. The Kier molecular flexibility index (Phi) is 5.12. The minimum atomic E-state index is -0.482. The lowest BCUT2D eigenvalue weighted by Crippen LogP contribution is -2.08. The summed E-state index contributed by atoms with van der Waals surface area (Å²) in [6.45, 7) is 5.51. The monoisotopic (exact) mass is 367 g/mol. The molecule has 0 aliphatic carbocycles. The average molecular weight is 367 g/mol. The number of hydrogen-bond donors (Lipinski definition) is 2. The van der Waals surface area contributed by atoms with Crippen LogP contribution in [0.3, 0.4) is 0 Å². The van der Waals surface area contributed by atoms with Gasteiger partial charge in [-0.05, 0) is 45.0 Å². The van der Waals surface area contributed by atoms with E-state index in [9.17, 15) is 15.0 Å². The van der Waals surface area contributed by atoms with Crippen LogP contribution in [0.5, 0.6) is 17.2 Å². The number of Topliss-reactive ketones (excluding diaryl/α,β-unsaturated/α-hetero) is 1. The standard InChI is InChI=1S/C20H21N3O4/c1-12(2)23-15(8-10-22-23)19-14(5-4-9-21-19)11-27-17-7-6-16(25)20(26)18(17)13(3)24/h4-10,12,25-26H,11H2,1-3H3. The molecule has 2 heterocycles. The molecule has 7 heteroatoms. The van der Waals surface area contributed by atoms with E-state index in [0.717, 1.165) is 17.0 Å². The van der Waals surface area contributed by atoms with Crippen molar-refractivity contribution in [3.05, 3.63) is 53.9 Å². The highest BCUT2D eigenvalue weighted by Gasteiger charge is 2.19.